The molecule has 0 spiro atoms. The van der Waals surface area contributed by atoms with Gasteiger partial charge >= 0.3 is 5.97 Å². The minimum Gasteiger partial charge on any atom is -0.478 e. The van der Waals surface area contributed by atoms with Crippen LogP contribution >= 0.6 is 12.2 Å². The Balaban J connectivity index is 2.16. The molecule has 5 heteroatoms. The molecule has 0 aliphatic carbocycles. The summed E-state index contributed by atoms with van der Waals surface area (Å²) in [7, 11) is 0. The lowest BCUT2D eigenvalue weighted by atomic mass is 10.1. The lowest BCUT2D eigenvalue weighted by Crippen LogP contribution is -2.21. The molecule has 0 unspecified atom stereocenters. The summed E-state index contributed by atoms with van der Waals surface area (Å²) < 4.78 is 0. The maximum atomic E-state index is 11.3. The Labute approximate surface area is 122 Å². The van der Waals surface area contributed by atoms with Crippen LogP contribution in [0.5, 0.6) is 0 Å². The van der Waals surface area contributed by atoms with Gasteiger partial charge in [-0.2, -0.15) is 0 Å². The number of carbonyl (C=O) groups is 1. The van der Waals surface area contributed by atoms with Crippen LogP contribution in [-0.2, 0) is 0 Å². The molecule has 4 nitrogen and oxygen atoms in total. The Bertz CT molecular complexity index is 642. The average molecular weight is 286 g/mol. The highest BCUT2D eigenvalue weighted by atomic mass is 32.1. The van der Waals surface area contributed by atoms with E-state index in [4.69, 9.17) is 12.2 Å². The molecule has 3 N–H and O–H groups in total. The van der Waals surface area contributed by atoms with E-state index in [1.807, 2.05) is 30.3 Å². The van der Waals surface area contributed by atoms with Crippen molar-refractivity contribution in [2.45, 2.75) is 6.92 Å². The Morgan fingerprint density at radius 1 is 1.05 bits per heavy atom. The Hall–Kier alpha value is -2.40. The fourth-order valence-electron chi connectivity index (χ4n) is 1.86. The highest BCUT2D eigenvalue weighted by Gasteiger charge is 2.13. The van der Waals surface area contributed by atoms with E-state index in [2.05, 4.69) is 10.6 Å². The number of benzene rings is 2. The molecule has 2 rings (SSSR count). The van der Waals surface area contributed by atoms with Crippen LogP contribution < -0.4 is 10.6 Å². The van der Waals surface area contributed by atoms with Gasteiger partial charge in [-0.05, 0) is 42.9 Å². The third kappa shape index (κ3) is 3.33. The van der Waals surface area contributed by atoms with Crippen molar-refractivity contribution in [1.82, 2.24) is 0 Å². The van der Waals surface area contributed by atoms with E-state index in [-0.39, 0.29) is 5.56 Å². The fourth-order valence-corrected chi connectivity index (χ4v) is 2.09. The summed E-state index contributed by atoms with van der Waals surface area (Å²) in [4.78, 5) is 11.3. The van der Waals surface area contributed by atoms with Gasteiger partial charge in [-0.3, -0.25) is 0 Å². The number of hydrogen-bond donors (Lipinski definition) is 3. The van der Waals surface area contributed by atoms with Crippen molar-refractivity contribution in [3.05, 3.63) is 59.7 Å². The lowest BCUT2D eigenvalue weighted by molar-refractivity contribution is 0.0697. The average Bonchev–Trinajstić information content (AvgIpc) is 2.39. The summed E-state index contributed by atoms with van der Waals surface area (Å²) >= 11 is 5.19. The predicted molar refractivity (Wildman–Crippen MR) is 84.4 cm³/mol. The number of rotatable bonds is 3. The van der Waals surface area contributed by atoms with Crippen LogP contribution in [0.3, 0.4) is 0 Å². The summed E-state index contributed by atoms with van der Waals surface area (Å²) in [5.74, 6) is -0.979. The first kappa shape index (κ1) is 14.0. The third-order valence-electron chi connectivity index (χ3n) is 2.77. The van der Waals surface area contributed by atoms with E-state index in [0.29, 0.717) is 16.4 Å². The molecule has 0 saturated carbocycles. The highest BCUT2D eigenvalue weighted by Crippen LogP contribution is 2.20. The molecule has 2 aromatic carbocycles. The second-order valence-corrected chi connectivity index (χ2v) is 4.66. The summed E-state index contributed by atoms with van der Waals surface area (Å²) in [6.45, 7) is 1.75. The molecule has 0 atom stereocenters. The molecule has 0 amide bonds. The largest absolute Gasteiger partial charge is 0.478 e. The topological polar surface area (TPSA) is 61.4 Å². The lowest BCUT2D eigenvalue weighted by Gasteiger charge is -2.13. The maximum absolute atomic E-state index is 11.3. The minimum absolute atomic E-state index is 0.227. The summed E-state index contributed by atoms with van der Waals surface area (Å²) in [5, 5.41) is 15.5. The minimum atomic E-state index is -0.979. The van der Waals surface area contributed by atoms with Gasteiger partial charge in [-0.1, -0.05) is 30.3 Å². The molecular formula is C15H14N2O2S. The van der Waals surface area contributed by atoms with E-state index < -0.39 is 5.97 Å². The van der Waals surface area contributed by atoms with Crippen molar-refractivity contribution in [1.29, 1.82) is 0 Å². The first-order valence-corrected chi connectivity index (χ1v) is 6.44. The van der Waals surface area contributed by atoms with Crippen molar-refractivity contribution >= 4 is 34.7 Å². The molecule has 102 valence electrons. The number of para-hydroxylation sites is 1. The van der Waals surface area contributed by atoms with Gasteiger partial charge in [0, 0.05) is 5.69 Å². The standard InChI is InChI=1S/C15H14N2O2S/c1-10-6-5-9-12(13(10)14(18)19)17-15(20)16-11-7-3-2-4-8-11/h2-9H,1H3,(H,18,19)(H2,16,17,20). The van der Waals surface area contributed by atoms with E-state index in [0.717, 1.165) is 5.69 Å². The fraction of sp³-hybridized carbons (Fsp3) is 0.0667. The second kappa shape index (κ2) is 6.16. The maximum Gasteiger partial charge on any atom is 0.338 e. The number of carboxylic acid groups (broad SMARTS) is 1. The molecule has 0 aliphatic heterocycles. The number of nitrogens with one attached hydrogen (secondary N) is 2. The van der Waals surface area contributed by atoms with Crippen LogP contribution in [0.1, 0.15) is 15.9 Å². The smallest absolute Gasteiger partial charge is 0.338 e. The van der Waals surface area contributed by atoms with Crippen LogP contribution in [0.4, 0.5) is 11.4 Å². The Morgan fingerprint density at radius 2 is 1.75 bits per heavy atom. The van der Waals surface area contributed by atoms with Gasteiger partial charge < -0.3 is 15.7 Å². The van der Waals surface area contributed by atoms with E-state index in [1.165, 1.54) is 0 Å². The number of carboxylic acids is 1. The van der Waals surface area contributed by atoms with Crippen LogP contribution in [0, 0.1) is 6.92 Å². The quantitative estimate of drug-likeness (QED) is 0.754. The van der Waals surface area contributed by atoms with Crippen molar-refractivity contribution in [3.63, 3.8) is 0 Å². The molecule has 0 fully saturated rings. The van der Waals surface area contributed by atoms with Gasteiger partial charge in [0.15, 0.2) is 5.11 Å². The monoisotopic (exact) mass is 286 g/mol. The van der Waals surface area contributed by atoms with Crippen LogP contribution in [0.25, 0.3) is 0 Å². The molecule has 20 heavy (non-hydrogen) atoms. The van der Waals surface area contributed by atoms with Crippen LogP contribution in [0.15, 0.2) is 48.5 Å². The number of thiocarbonyl (C=S) groups is 1. The number of anilines is 2. The highest BCUT2D eigenvalue weighted by molar-refractivity contribution is 7.80. The molecule has 0 bridgehead atoms. The van der Waals surface area contributed by atoms with Gasteiger partial charge in [0.05, 0.1) is 11.3 Å². The van der Waals surface area contributed by atoms with Crippen molar-refractivity contribution < 1.29 is 9.90 Å². The zero-order valence-electron chi connectivity index (χ0n) is 10.9. The number of hydrogen-bond acceptors (Lipinski definition) is 2. The van der Waals surface area contributed by atoms with E-state index in [9.17, 15) is 9.90 Å². The van der Waals surface area contributed by atoms with Crippen LogP contribution in [-0.4, -0.2) is 16.2 Å². The van der Waals surface area contributed by atoms with Crippen molar-refractivity contribution in [3.8, 4) is 0 Å². The van der Waals surface area contributed by atoms with Gasteiger partial charge in [0.1, 0.15) is 0 Å². The summed E-state index contributed by atoms with van der Waals surface area (Å²) in [5.41, 5.74) is 2.23. The molecule has 2 aromatic rings. The molecule has 0 radical (unpaired) electrons. The Kier molecular flexibility index (Phi) is 4.32. The Morgan fingerprint density at radius 3 is 2.40 bits per heavy atom. The zero-order valence-corrected chi connectivity index (χ0v) is 11.7. The molecule has 0 heterocycles. The van der Waals surface area contributed by atoms with Gasteiger partial charge in [0.2, 0.25) is 0 Å². The van der Waals surface area contributed by atoms with Crippen LogP contribution in [0.2, 0.25) is 0 Å². The first-order chi connectivity index (χ1) is 9.58. The normalized spacial score (nSPS) is 9.85. The predicted octanol–water partition coefficient (Wildman–Crippen LogP) is 3.50. The van der Waals surface area contributed by atoms with E-state index >= 15 is 0 Å². The molecule has 0 aromatic heterocycles. The van der Waals surface area contributed by atoms with Crippen molar-refractivity contribution in [2.75, 3.05) is 10.6 Å². The number of aryl methyl sites for hydroxylation is 1. The third-order valence-corrected chi connectivity index (χ3v) is 2.97. The summed E-state index contributed by atoms with van der Waals surface area (Å²) in [6, 6.07) is 14.7. The number of aromatic carboxylic acids is 1. The molecular weight excluding hydrogens is 272 g/mol. The van der Waals surface area contributed by atoms with Gasteiger partial charge in [0.25, 0.3) is 0 Å². The van der Waals surface area contributed by atoms with Gasteiger partial charge in [-0.15, -0.1) is 0 Å². The molecule has 0 aliphatic rings. The molecule has 0 saturated heterocycles. The first-order valence-electron chi connectivity index (χ1n) is 6.04. The SMILES string of the molecule is Cc1cccc(NC(=S)Nc2ccccc2)c1C(=O)O. The zero-order chi connectivity index (χ0) is 14.5. The summed E-state index contributed by atoms with van der Waals surface area (Å²) in [6.07, 6.45) is 0. The second-order valence-electron chi connectivity index (χ2n) is 4.25. The van der Waals surface area contributed by atoms with Crippen molar-refractivity contribution in [2.24, 2.45) is 0 Å². The van der Waals surface area contributed by atoms with Gasteiger partial charge in [-0.25, -0.2) is 4.79 Å². The van der Waals surface area contributed by atoms with E-state index in [1.54, 1.807) is 25.1 Å².